The molecule has 0 aliphatic heterocycles. The summed E-state index contributed by atoms with van der Waals surface area (Å²) in [6.07, 6.45) is 6.23. The molecule has 2 heterocycles. The summed E-state index contributed by atoms with van der Waals surface area (Å²) in [5, 5.41) is 18.1. The zero-order chi connectivity index (χ0) is 27.9. The largest absolute Gasteiger partial charge is 0.493 e. The summed E-state index contributed by atoms with van der Waals surface area (Å²) >= 11 is 0. The zero-order valence-corrected chi connectivity index (χ0v) is 23.0. The van der Waals surface area contributed by atoms with Crippen molar-refractivity contribution in [2.45, 2.75) is 26.3 Å². The first kappa shape index (κ1) is 26.8. The third-order valence-electron chi connectivity index (χ3n) is 7.04. The van der Waals surface area contributed by atoms with Gasteiger partial charge in [-0.05, 0) is 67.3 Å². The van der Waals surface area contributed by atoms with Crippen LogP contribution >= 0.6 is 0 Å². The molecule has 2 aromatic heterocycles. The smallest absolute Gasteiger partial charge is 0.161 e. The quantitative estimate of drug-likeness (QED) is 0.163. The average molecular weight is 532 g/mol. The van der Waals surface area contributed by atoms with E-state index in [1.165, 1.54) is 5.56 Å². The molecule has 202 valence electrons. The van der Waals surface area contributed by atoms with Gasteiger partial charge in [-0.15, -0.1) is 0 Å². The number of aryl methyl sites for hydroxylation is 1. The van der Waals surface area contributed by atoms with Crippen LogP contribution < -0.4 is 20.1 Å². The molecule has 0 radical (unpaired) electrons. The lowest BCUT2D eigenvalue weighted by molar-refractivity contribution is 0.287. The Morgan fingerprint density at radius 1 is 1.02 bits per heavy atom. The average Bonchev–Trinajstić information content (AvgIpc) is 3.47. The van der Waals surface area contributed by atoms with Gasteiger partial charge in [-0.25, -0.2) is 0 Å². The van der Waals surface area contributed by atoms with Crippen LogP contribution in [0.15, 0.2) is 85.3 Å². The Hall–Kier alpha value is -4.80. The van der Waals surface area contributed by atoms with E-state index in [2.05, 4.69) is 70.9 Å². The molecule has 0 fully saturated rings. The van der Waals surface area contributed by atoms with Gasteiger partial charge in [0.2, 0.25) is 0 Å². The second-order valence-corrected chi connectivity index (χ2v) is 9.78. The lowest BCUT2D eigenvalue weighted by atomic mass is 10.0. The van der Waals surface area contributed by atoms with Crippen molar-refractivity contribution in [3.05, 3.63) is 102 Å². The number of benzene rings is 3. The molecule has 7 nitrogen and oxygen atoms in total. The molecule has 3 aromatic carbocycles. The van der Waals surface area contributed by atoms with Crippen molar-refractivity contribution in [1.29, 1.82) is 5.26 Å². The van der Waals surface area contributed by atoms with E-state index >= 15 is 0 Å². The van der Waals surface area contributed by atoms with Crippen LogP contribution in [0.25, 0.3) is 22.0 Å². The number of nitrogens with zero attached hydrogens (tertiary/aromatic N) is 2. The van der Waals surface area contributed by atoms with E-state index in [4.69, 9.17) is 9.47 Å². The molecule has 0 amide bonds. The number of anilines is 2. The van der Waals surface area contributed by atoms with Crippen LogP contribution in [-0.4, -0.2) is 36.3 Å². The Labute approximate surface area is 234 Å². The number of rotatable bonds is 11. The highest BCUT2D eigenvalue weighted by atomic mass is 16.5. The molecular weight excluding hydrogens is 498 g/mol. The topological polar surface area (TPSA) is 95.0 Å². The highest BCUT2D eigenvalue weighted by molar-refractivity contribution is 5.91. The van der Waals surface area contributed by atoms with Crippen LogP contribution in [0.5, 0.6) is 11.5 Å². The third kappa shape index (κ3) is 5.93. The second-order valence-electron chi connectivity index (χ2n) is 9.78. The van der Waals surface area contributed by atoms with Crippen molar-refractivity contribution in [1.82, 2.24) is 15.3 Å². The number of ether oxygens (including phenoxy) is 2. The number of aromatic amines is 1. The van der Waals surface area contributed by atoms with E-state index in [0.717, 1.165) is 39.7 Å². The summed E-state index contributed by atoms with van der Waals surface area (Å²) in [7, 11) is 1.63. The third-order valence-corrected chi connectivity index (χ3v) is 7.04. The highest BCUT2D eigenvalue weighted by Crippen LogP contribution is 2.38. The molecule has 7 heteroatoms. The highest BCUT2D eigenvalue weighted by Gasteiger charge is 2.16. The maximum absolute atomic E-state index is 9.91. The van der Waals surface area contributed by atoms with E-state index in [1.807, 2.05) is 42.6 Å². The van der Waals surface area contributed by atoms with Gasteiger partial charge in [-0.3, -0.25) is 4.98 Å². The van der Waals surface area contributed by atoms with Gasteiger partial charge in [0.1, 0.15) is 12.7 Å². The number of hydrogen-bond donors (Lipinski definition) is 3. The van der Waals surface area contributed by atoms with Crippen LogP contribution in [0.4, 0.5) is 11.4 Å². The molecule has 0 saturated heterocycles. The normalized spacial score (nSPS) is 11.7. The van der Waals surface area contributed by atoms with Crippen molar-refractivity contribution in [2.24, 2.45) is 0 Å². The fourth-order valence-corrected chi connectivity index (χ4v) is 4.92. The summed E-state index contributed by atoms with van der Waals surface area (Å²) in [6, 6.07) is 25.0. The minimum absolute atomic E-state index is 0.321. The molecule has 5 rings (SSSR count). The van der Waals surface area contributed by atoms with Gasteiger partial charge in [-0.2, -0.15) is 5.26 Å². The molecule has 0 bridgehead atoms. The Kier molecular flexibility index (Phi) is 8.29. The predicted molar refractivity (Wildman–Crippen MR) is 160 cm³/mol. The van der Waals surface area contributed by atoms with Crippen molar-refractivity contribution >= 4 is 22.3 Å². The number of methoxy groups -OCH3 is 1. The molecule has 0 saturated carbocycles. The first-order valence-corrected chi connectivity index (χ1v) is 13.4. The summed E-state index contributed by atoms with van der Waals surface area (Å²) < 4.78 is 11.7. The molecule has 40 heavy (non-hydrogen) atoms. The number of pyridine rings is 1. The Morgan fingerprint density at radius 3 is 2.67 bits per heavy atom. The van der Waals surface area contributed by atoms with E-state index in [0.29, 0.717) is 41.9 Å². The summed E-state index contributed by atoms with van der Waals surface area (Å²) in [5.41, 5.74) is 7.22. The summed E-state index contributed by atoms with van der Waals surface area (Å²) in [5.74, 6) is 1.28. The van der Waals surface area contributed by atoms with Crippen LogP contribution in [0.3, 0.4) is 0 Å². The maximum Gasteiger partial charge on any atom is 0.161 e. The molecule has 0 spiro atoms. The van der Waals surface area contributed by atoms with Gasteiger partial charge in [-0.1, -0.05) is 36.4 Å². The van der Waals surface area contributed by atoms with Crippen molar-refractivity contribution < 1.29 is 9.47 Å². The number of aromatic nitrogens is 2. The van der Waals surface area contributed by atoms with Crippen LogP contribution in [0.1, 0.15) is 23.6 Å². The minimum Gasteiger partial charge on any atom is -0.493 e. The molecular formula is C33H33N5O2. The van der Waals surface area contributed by atoms with Gasteiger partial charge in [0, 0.05) is 53.3 Å². The summed E-state index contributed by atoms with van der Waals surface area (Å²) in [4.78, 5) is 7.60. The molecule has 0 aliphatic carbocycles. The van der Waals surface area contributed by atoms with Crippen molar-refractivity contribution in [3.63, 3.8) is 0 Å². The van der Waals surface area contributed by atoms with E-state index in [1.54, 1.807) is 19.5 Å². The van der Waals surface area contributed by atoms with Crippen molar-refractivity contribution in [2.75, 3.05) is 25.6 Å². The monoisotopic (exact) mass is 531 g/mol. The fourth-order valence-electron chi connectivity index (χ4n) is 4.92. The van der Waals surface area contributed by atoms with E-state index in [9.17, 15) is 5.26 Å². The SMILES string of the molecule is COc1ccc(-c2cncc(C#N)c2Nc2ccc3[nH]ccc3c2C)cc1OCCNC(C)Cc1ccccc1. The molecule has 3 N–H and O–H groups in total. The second kappa shape index (κ2) is 12.4. The minimum atomic E-state index is 0.321. The standard InChI is InChI=1S/C33H33N5O2/c1-22(17-24-7-5-4-6-8-24)36-15-16-40-32-18-25(9-12-31(32)39-3)28-21-35-20-26(19-34)33(28)38-29-10-11-30-27(23(29)2)13-14-37-30/h4-14,18,20-22,36-37H,15-17H2,1-3H3,(H,35,38). The zero-order valence-electron chi connectivity index (χ0n) is 23.0. The lowest BCUT2D eigenvalue weighted by Gasteiger charge is -2.18. The maximum atomic E-state index is 9.91. The van der Waals surface area contributed by atoms with Crippen LogP contribution in [-0.2, 0) is 6.42 Å². The van der Waals surface area contributed by atoms with Crippen molar-refractivity contribution in [3.8, 4) is 28.7 Å². The number of nitriles is 1. The number of hydrogen-bond acceptors (Lipinski definition) is 6. The first-order valence-electron chi connectivity index (χ1n) is 13.4. The van der Waals surface area contributed by atoms with Gasteiger partial charge in [0.25, 0.3) is 0 Å². The fraction of sp³-hybridized carbons (Fsp3) is 0.212. The number of fused-ring (bicyclic) bond motifs is 1. The Bertz CT molecular complexity index is 1640. The molecule has 0 aliphatic rings. The molecule has 5 aromatic rings. The van der Waals surface area contributed by atoms with Gasteiger partial charge in [0.05, 0.1) is 18.4 Å². The number of nitrogens with one attached hydrogen (secondary N) is 3. The number of H-pyrrole nitrogens is 1. The van der Waals surface area contributed by atoms with E-state index < -0.39 is 0 Å². The summed E-state index contributed by atoms with van der Waals surface area (Å²) in [6.45, 7) is 5.42. The van der Waals surface area contributed by atoms with E-state index in [-0.39, 0.29) is 0 Å². The molecule has 1 atom stereocenters. The first-order chi connectivity index (χ1) is 19.6. The molecule has 1 unspecified atom stereocenters. The Balaban J connectivity index is 1.35. The van der Waals surface area contributed by atoms with Gasteiger partial charge >= 0.3 is 0 Å². The van der Waals surface area contributed by atoms with Crippen LogP contribution in [0.2, 0.25) is 0 Å². The predicted octanol–water partition coefficient (Wildman–Crippen LogP) is 6.76. The van der Waals surface area contributed by atoms with Crippen LogP contribution in [0, 0.1) is 18.3 Å². The Morgan fingerprint density at radius 2 is 1.88 bits per heavy atom. The lowest BCUT2D eigenvalue weighted by Crippen LogP contribution is -2.31. The van der Waals surface area contributed by atoms with Gasteiger partial charge in [0.15, 0.2) is 11.5 Å². The van der Waals surface area contributed by atoms with Gasteiger partial charge < -0.3 is 25.1 Å².